The van der Waals surface area contributed by atoms with Gasteiger partial charge >= 0.3 is 0 Å². The molecule has 1 aromatic rings. The molecule has 2 heterocycles. The normalized spacial score (nSPS) is 19.5. The smallest absolute Gasteiger partial charge is 0.233 e. The molecule has 0 aromatic carbocycles. The maximum Gasteiger partial charge on any atom is 0.233 e. The van der Waals surface area contributed by atoms with Crippen LogP contribution in [0.3, 0.4) is 0 Å². The molecule has 1 aliphatic rings. The van der Waals surface area contributed by atoms with Crippen LogP contribution < -0.4 is 0 Å². The summed E-state index contributed by atoms with van der Waals surface area (Å²) >= 11 is 1.67. The van der Waals surface area contributed by atoms with Crippen molar-refractivity contribution in [2.24, 2.45) is 0 Å². The molecule has 5 heteroatoms. The number of rotatable bonds is 6. The Labute approximate surface area is 112 Å². The lowest BCUT2D eigenvalue weighted by Gasteiger charge is -2.23. The van der Waals surface area contributed by atoms with Gasteiger partial charge in [-0.05, 0) is 19.4 Å². The molecule has 1 amide bonds. The van der Waals surface area contributed by atoms with E-state index in [2.05, 4.69) is 4.98 Å². The largest absolute Gasteiger partial charge is 0.382 e. The molecule has 0 radical (unpaired) electrons. The zero-order valence-electron chi connectivity index (χ0n) is 10.5. The maximum atomic E-state index is 11.9. The summed E-state index contributed by atoms with van der Waals surface area (Å²) in [5.41, 5.74) is 1.10. The summed E-state index contributed by atoms with van der Waals surface area (Å²) in [6.45, 7) is 4.18. The number of pyridine rings is 1. The van der Waals surface area contributed by atoms with Gasteiger partial charge in [-0.15, -0.1) is 11.8 Å². The van der Waals surface area contributed by atoms with E-state index in [9.17, 15) is 4.79 Å². The molecule has 1 aromatic heterocycles. The number of hydrogen-bond acceptors (Lipinski definition) is 4. The zero-order valence-corrected chi connectivity index (χ0v) is 11.4. The number of carbonyl (C=O) groups excluding carboxylic acids is 1. The summed E-state index contributed by atoms with van der Waals surface area (Å²) in [6.07, 6.45) is 4.48. The maximum absolute atomic E-state index is 11.9. The van der Waals surface area contributed by atoms with Crippen molar-refractivity contribution in [3.05, 3.63) is 30.1 Å². The number of ether oxygens (including phenoxy) is 1. The van der Waals surface area contributed by atoms with E-state index in [-0.39, 0.29) is 11.3 Å². The fourth-order valence-electron chi connectivity index (χ4n) is 1.98. The highest BCUT2D eigenvalue weighted by atomic mass is 32.2. The van der Waals surface area contributed by atoms with Crippen molar-refractivity contribution < 1.29 is 9.53 Å². The summed E-state index contributed by atoms with van der Waals surface area (Å²) in [5, 5.41) is 0.118. The van der Waals surface area contributed by atoms with E-state index >= 15 is 0 Å². The Morgan fingerprint density at radius 3 is 3.22 bits per heavy atom. The average molecular weight is 266 g/mol. The van der Waals surface area contributed by atoms with Crippen LogP contribution in [0.25, 0.3) is 0 Å². The van der Waals surface area contributed by atoms with Crippen molar-refractivity contribution in [1.82, 2.24) is 9.88 Å². The minimum absolute atomic E-state index is 0.118. The van der Waals surface area contributed by atoms with Gasteiger partial charge in [-0.25, -0.2) is 0 Å². The molecule has 0 N–H and O–H groups in total. The van der Waals surface area contributed by atoms with Crippen molar-refractivity contribution in [2.75, 3.05) is 25.5 Å². The molecule has 0 bridgehead atoms. The molecular formula is C13H18N2O2S. The highest BCUT2D eigenvalue weighted by Gasteiger charge is 2.32. The first-order valence-corrected chi connectivity index (χ1v) is 7.26. The van der Waals surface area contributed by atoms with Gasteiger partial charge in [-0.3, -0.25) is 9.78 Å². The second-order valence-electron chi connectivity index (χ2n) is 4.09. The van der Waals surface area contributed by atoms with Crippen molar-refractivity contribution in [3.8, 4) is 0 Å². The van der Waals surface area contributed by atoms with Crippen LogP contribution in [0.4, 0.5) is 0 Å². The van der Waals surface area contributed by atoms with Crippen LogP contribution >= 0.6 is 11.8 Å². The van der Waals surface area contributed by atoms with Gasteiger partial charge in [0, 0.05) is 37.7 Å². The third kappa shape index (κ3) is 3.23. The number of nitrogens with zero attached hydrogens (tertiary/aromatic N) is 2. The Morgan fingerprint density at radius 2 is 2.50 bits per heavy atom. The molecule has 4 nitrogen and oxygen atoms in total. The minimum Gasteiger partial charge on any atom is -0.382 e. The predicted octanol–water partition coefficient (Wildman–Crippen LogP) is 2.08. The van der Waals surface area contributed by atoms with Gasteiger partial charge in [0.05, 0.1) is 5.75 Å². The number of aromatic nitrogens is 1. The summed E-state index contributed by atoms with van der Waals surface area (Å²) in [4.78, 5) is 17.9. The fraction of sp³-hybridized carbons (Fsp3) is 0.538. The molecule has 1 atom stereocenters. The first-order valence-electron chi connectivity index (χ1n) is 6.21. The number of hydrogen-bond donors (Lipinski definition) is 0. The van der Waals surface area contributed by atoms with Crippen LogP contribution in [0.15, 0.2) is 24.5 Å². The van der Waals surface area contributed by atoms with E-state index in [1.54, 1.807) is 18.0 Å². The monoisotopic (exact) mass is 266 g/mol. The van der Waals surface area contributed by atoms with Crippen LogP contribution in [0.5, 0.6) is 0 Å². The predicted molar refractivity (Wildman–Crippen MR) is 72.3 cm³/mol. The lowest BCUT2D eigenvalue weighted by atomic mass is 10.2. The number of amides is 1. The van der Waals surface area contributed by atoms with Crippen molar-refractivity contribution >= 4 is 17.7 Å². The third-order valence-corrected chi connectivity index (χ3v) is 4.09. The van der Waals surface area contributed by atoms with E-state index in [0.29, 0.717) is 12.4 Å². The second kappa shape index (κ2) is 6.75. The van der Waals surface area contributed by atoms with E-state index in [1.165, 1.54) is 0 Å². The van der Waals surface area contributed by atoms with Gasteiger partial charge in [-0.2, -0.15) is 0 Å². The topological polar surface area (TPSA) is 42.4 Å². The van der Waals surface area contributed by atoms with Crippen LogP contribution in [0.2, 0.25) is 0 Å². The molecule has 18 heavy (non-hydrogen) atoms. The molecule has 1 fully saturated rings. The summed E-state index contributed by atoms with van der Waals surface area (Å²) in [6, 6.07) is 3.94. The van der Waals surface area contributed by atoms with Gasteiger partial charge in [-0.1, -0.05) is 6.07 Å². The first-order chi connectivity index (χ1) is 8.83. The van der Waals surface area contributed by atoms with Crippen molar-refractivity contribution in [3.63, 3.8) is 0 Å². The van der Waals surface area contributed by atoms with E-state index < -0.39 is 0 Å². The van der Waals surface area contributed by atoms with Gasteiger partial charge in [0.15, 0.2) is 0 Å². The summed E-state index contributed by atoms with van der Waals surface area (Å²) < 4.78 is 5.31. The Kier molecular flexibility index (Phi) is 5.01. The zero-order chi connectivity index (χ0) is 12.8. The standard InChI is InChI=1S/C13H18N2O2S/c1-2-17-8-4-7-15-12(16)10-18-13(15)11-5-3-6-14-9-11/h3,5-6,9,13H,2,4,7-8,10H2,1H3. The highest BCUT2D eigenvalue weighted by Crippen LogP contribution is 2.38. The van der Waals surface area contributed by atoms with Crippen molar-refractivity contribution in [2.45, 2.75) is 18.7 Å². The Hall–Kier alpha value is -1.07. The Bertz CT molecular complexity index is 386. The van der Waals surface area contributed by atoms with E-state index in [0.717, 1.165) is 25.1 Å². The fourth-order valence-corrected chi connectivity index (χ4v) is 3.18. The second-order valence-corrected chi connectivity index (χ2v) is 5.16. The molecule has 1 aliphatic heterocycles. The molecule has 1 saturated heterocycles. The highest BCUT2D eigenvalue weighted by molar-refractivity contribution is 8.00. The van der Waals surface area contributed by atoms with E-state index in [1.807, 2.05) is 30.2 Å². The summed E-state index contributed by atoms with van der Waals surface area (Å²) in [5.74, 6) is 0.777. The molecule has 98 valence electrons. The van der Waals surface area contributed by atoms with E-state index in [4.69, 9.17) is 4.74 Å². The van der Waals surface area contributed by atoms with Crippen LogP contribution in [0.1, 0.15) is 24.3 Å². The SMILES string of the molecule is CCOCCCN1C(=O)CSC1c1cccnc1. The average Bonchev–Trinajstić information content (AvgIpc) is 2.77. The van der Waals surface area contributed by atoms with Gasteiger partial charge in [0.25, 0.3) is 0 Å². The lowest BCUT2D eigenvalue weighted by molar-refractivity contribution is -0.128. The molecular weight excluding hydrogens is 248 g/mol. The Balaban J connectivity index is 1.95. The van der Waals surface area contributed by atoms with Crippen LogP contribution in [-0.4, -0.2) is 41.3 Å². The molecule has 0 aliphatic carbocycles. The Morgan fingerprint density at radius 1 is 1.61 bits per heavy atom. The van der Waals surface area contributed by atoms with Gasteiger partial charge < -0.3 is 9.64 Å². The molecule has 2 rings (SSSR count). The number of thioether (sulfide) groups is 1. The molecule has 0 saturated carbocycles. The number of carbonyl (C=O) groups is 1. The first kappa shape index (κ1) is 13.4. The van der Waals surface area contributed by atoms with Crippen LogP contribution in [-0.2, 0) is 9.53 Å². The molecule has 0 spiro atoms. The summed E-state index contributed by atoms with van der Waals surface area (Å²) in [7, 11) is 0. The minimum atomic E-state index is 0.118. The lowest BCUT2D eigenvalue weighted by Crippen LogP contribution is -2.29. The van der Waals surface area contributed by atoms with Gasteiger partial charge in [0.1, 0.15) is 5.37 Å². The van der Waals surface area contributed by atoms with Gasteiger partial charge in [0.2, 0.25) is 5.91 Å². The van der Waals surface area contributed by atoms with Crippen LogP contribution in [0, 0.1) is 0 Å². The van der Waals surface area contributed by atoms with Crippen molar-refractivity contribution in [1.29, 1.82) is 0 Å². The molecule has 1 unspecified atom stereocenters. The quantitative estimate of drug-likeness (QED) is 0.739. The third-order valence-electron chi connectivity index (χ3n) is 2.83.